The van der Waals surface area contributed by atoms with E-state index in [9.17, 15) is 8.42 Å². The zero-order chi connectivity index (χ0) is 14.5. The summed E-state index contributed by atoms with van der Waals surface area (Å²) in [7, 11) is -3.41. The number of nitrogens with zero attached hydrogens (tertiary/aromatic N) is 1. The average Bonchev–Trinajstić information content (AvgIpc) is 2.92. The third-order valence-corrected chi connectivity index (χ3v) is 6.16. The Labute approximate surface area is 119 Å². The Morgan fingerprint density at radius 3 is 2.50 bits per heavy atom. The number of hydrogen-bond acceptors (Lipinski definition) is 4. The highest BCUT2D eigenvalue weighted by molar-refractivity contribution is 7.89. The van der Waals surface area contributed by atoms with Gasteiger partial charge in [0.25, 0.3) is 0 Å². The number of aryl methyl sites for hydroxylation is 1. The molecule has 110 valence electrons. The normalized spacial score (nSPS) is 29.6. The molecule has 6 heteroatoms. The van der Waals surface area contributed by atoms with Crippen LogP contribution in [0.1, 0.15) is 19.4 Å². The minimum Gasteiger partial charge on any atom is -0.295 e. The second kappa shape index (κ2) is 4.53. The Bertz CT molecular complexity index is 610. The molecule has 2 atom stereocenters. The molecule has 0 bridgehead atoms. The lowest BCUT2D eigenvalue weighted by Gasteiger charge is -2.24. The minimum absolute atomic E-state index is 0.0743. The zero-order valence-corrected chi connectivity index (χ0v) is 12.8. The molecule has 20 heavy (non-hydrogen) atoms. The molecule has 0 amide bonds. The number of nitrogens with one attached hydrogen (secondary N) is 1. The fourth-order valence-corrected chi connectivity index (χ4v) is 4.44. The van der Waals surface area contributed by atoms with Gasteiger partial charge in [0.1, 0.15) is 0 Å². The molecule has 0 spiro atoms. The molecule has 1 aromatic rings. The van der Waals surface area contributed by atoms with Crippen LogP contribution >= 0.6 is 0 Å². The lowest BCUT2D eigenvalue weighted by Crippen LogP contribution is -2.36. The Hall–Kier alpha value is -0.950. The van der Waals surface area contributed by atoms with Crippen LogP contribution < -0.4 is 5.48 Å². The van der Waals surface area contributed by atoms with E-state index in [0.717, 1.165) is 5.56 Å². The van der Waals surface area contributed by atoms with Crippen molar-refractivity contribution in [1.82, 2.24) is 9.79 Å². The first-order valence-electron chi connectivity index (χ1n) is 6.81. The van der Waals surface area contributed by atoms with E-state index in [1.807, 2.05) is 32.9 Å². The van der Waals surface area contributed by atoms with Crippen molar-refractivity contribution < 1.29 is 13.3 Å². The first kappa shape index (κ1) is 14.0. The molecule has 0 radical (unpaired) electrons. The van der Waals surface area contributed by atoms with E-state index in [1.54, 1.807) is 16.4 Å². The monoisotopic (exact) mass is 296 g/mol. The molecule has 3 rings (SSSR count). The van der Waals surface area contributed by atoms with Gasteiger partial charge in [0, 0.05) is 19.0 Å². The minimum atomic E-state index is -3.41. The molecular weight excluding hydrogens is 276 g/mol. The summed E-state index contributed by atoms with van der Waals surface area (Å²) in [5, 5.41) is 0. The van der Waals surface area contributed by atoms with Crippen LogP contribution in [0.5, 0.6) is 0 Å². The van der Waals surface area contributed by atoms with Crippen LogP contribution in [0.25, 0.3) is 0 Å². The Morgan fingerprint density at radius 1 is 1.25 bits per heavy atom. The number of fused-ring (bicyclic) bond motifs is 1. The van der Waals surface area contributed by atoms with Crippen molar-refractivity contribution in [3.63, 3.8) is 0 Å². The van der Waals surface area contributed by atoms with Crippen LogP contribution in [0.3, 0.4) is 0 Å². The van der Waals surface area contributed by atoms with Crippen molar-refractivity contribution in [1.29, 1.82) is 0 Å². The highest BCUT2D eigenvalue weighted by Crippen LogP contribution is 2.37. The molecule has 2 fully saturated rings. The van der Waals surface area contributed by atoms with Gasteiger partial charge in [-0.05, 0) is 32.9 Å². The second-order valence-corrected chi connectivity index (χ2v) is 8.11. The Balaban J connectivity index is 1.86. The van der Waals surface area contributed by atoms with Crippen molar-refractivity contribution in [2.45, 2.75) is 37.3 Å². The molecule has 0 aliphatic carbocycles. The first-order valence-corrected chi connectivity index (χ1v) is 8.25. The molecule has 2 aliphatic heterocycles. The predicted molar refractivity (Wildman–Crippen MR) is 75.5 cm³/mol. The SMILES string of the molecule is Cc1ccc(S(=O)(=O)N2C[C@@H]3NOC(C)(C)[C@@H]3C2)cc1. The summed E-state index contributed by atoms with van der Waals surface area (Å²) in [5.41, 5.74) is 3.69. The topological polar surface area (TPSA) is 58.6 Å². The number of hydroxylamine groups is 1. The molecule has 1 aromatic carbocycles. The Morgan fingerprint density at radius 2 is 1.90 bits per heavy atom. The van der Waals surface area contributed by atoms with E-state index in [-0.39, 0.29) is 17.6 Å². The van der Waals surface area contributed by atoms with Crippen LogP contribution in [-0.2, 0) is 14.9 Å². The van der Waals surface area contributed by atoms with Crippen molar-refractivity contribution in [2.24, 2.45) is 5.92 Å². The molecule has 2 aliphatic rings. The molecule has 2 saturated heterocycles. The lowest BCUT2D eigenvalue weighted by atomic mass is 9.89. The van der Waals surface area contributed by atoms with Gasteiger partial charge in [-0.2, -0.15) is 9.79 Å². The van der Waals surface area contributed by atoms with E-state index in [1.165, 1.54) is 0 Å². The van der Waals surface area contributed by atoms with Crippen molar-refractivity contribution in [3.8, 4) is 0 Å². The quantitative estimate of drug-likeness (QED) is 0.893. The van der Waals surface area contributed by atoms with E-state index < -0.39 is 10.0 Å². The number of rotatable bonds is 2. The predicted octanol–water partition coefficient (Wildman–Crippen LogP) is 1.30. The number of benzene rings is 1. The summed E-state index contributed by atoms with van der Waals surface area (Å²) in [6.45, 7) is 6.89. The van der Waals surface area contributed by atoms with Crippen LogP contribution in [0, 0.1) is 12.8 Å². The molecular formula is C14H20N2O3S. The van der Waals surface area contributed by atoms with Crippen LogP contribution in [0.4, 0.5) is 0 Å². The summed E-state index contributed by atoms with van der Waals surface area (Å²) in [6.07, 6.45) is 0. The van der Waals surface area contributed by atoms with Crippen molar-refractivity contribution >= 4 is 10.0 Å². The summed E-state index contributed by atoms with van der Waals surface area (Å²) in [4.78, 5) is 5.88. The number of sulfonamides is 1. The standard InChI is InChI=1S/C14H20N2O3S/c1-10-4-6-11(7-5-10)20(17,18)16-8-12-13(9-16)15-19-14(12,2)3/h4-7,12-13,15H,8-9H2,1-3H3/t12-,13+/m1/s1. The Kier molecular flexibility index (Phi) is 3.17. The maximum atomic E-state index is 12.6. The van der Waals surface area contributed by atoms with Crippen LogP contribution in [-0.4, -0.2) is 37.5 Å². The third-order valence-electron chi connectivity index (χ3n) is 4.31. The third kappa shape index (κ3) is 2.16. The van der Waals surface area contributed by atoms with Gasteiger partial charge >= 0.3 is 0 Å². The average molecular weight is 296 g/mol. The second-order valence-electron chi connectivity index (χ2n) is 6.17. The number of hydrogen-bond donors (Lipinski definition) is 1. The van der Waals surface area contributed by atoms with Gasteiger partial charge < -0.3 is 0 Å². The first-order chi connectivity index (χ1) is 9.30. The summed E-state index contributed by atoms with van der Waals surface area (Å²) in [6, 6.07) is 7.08. The van der Waals surface area contributed by atoms with Gasteiger partial charge in [-0.25, -0.2) is 8.42 Å². The van der Waals surface area contributed by atoms with Gasteiger partial charge in [0.15, 0.2) is 0 Å². The maximum Gasteiger partial charge on any atom is 0.243 e. The fourth-order valence-electron chi connectivity index (χ4n) is 2.95. The van der Waals surface area contributed by atoms with Crippen molar-refractivity contribution in [2.75, 3.05) is 13.1 Å². The smallest absolute Gasteiger partial charge is 0.243 e. The molecule has 1 N–H and O–H groups in total. The summed E-state index contributed by atoms with van der Waals surface area (Å²) in [5.74, 6) is 0.183. The van der Waals surface area contributed by atoms with E-state index in [0.29, 0.717) is 18.0 Å². The maximum absolute atomic E-state index is 12.6. The van der Waals surface area contributed by atoms with Gasteiger partial charge in [-0.1, -0.05) is 17.7 Å². The van der Waals surface area contributed by atoms with Crippen molar-refractivity contribution in [3.05, 3.63) is 29.8 Å². The summed E-state index contributed by atoms with van der Waals surface area (Å²) < 4.78 is 26.9. The molecule has 0 unspecified atom stereocenters. The van der Waals surface area contributed by atoms with Gasteiger partial charge in [-0.3, -0.25) is 4.84 Å². The van der Waals surface area contributed by atoms with E-state index in [4.69, 9.17) is 4.84 Å². The van der Waals surface area contributed by atoms with Gasteiger partial charge in [0.05, 0.1) is 16.5 Å². The van der Waals surface area contributed by atoms with E-state index in [2.05, 4.69) is 5.48 Å². The molecule has 2 heterocycles. The molecule has 0 aromatic heterocycles. The molecule has 0 saturated carbocycles. The summed E-state index contributed by atoms with van der Waals surface area (Å²) >= 11 is 0. The highest BCUT2D eigenvalue weighted by Gasteiger charge is 2.51. The lowest BCUT2D eigenvalue weighted by molar-refractivity contribution is -0.0497. The van der Waals surface area contributed by atoms with Gasteiger partial charge in [0.2, 0.25) is 10.0 Å². The van der Waals surface area contributed by atoms with E-state index >= 15 is 0 Å². The fraction of sp³-hybridized carbons (Fsp3) is 0.571. The van der Waals surface area contributed by atoms with Crippen LogP contribution in [0.15, 0.2) is 29.2 Å². The largest absolute Gasteiger partial charge is 0.295 e. The van der Waals surface area contributed by atoms with Crippen LogP contribution in [0.2, 0.25) is 0 Å². The van der Waals surface area contributed by atoms with Gasteiger partial charge in [-0.15, -0.1) is 0 Å². The zero-order valence-electron chi connectivity index (χ0n) is 12.0. The molecule has 5 nitrogen and oxygen atoms in total. The highest BCUT2D eigenvalue weighted by atomic mass is 32.2.